The average Bonchev–Trinajstić information content (AvgIpc) is 2.43. The molecular weight excluding hydrogens is 248 g/mol. The molecule has 1 N–H and O–H groups in total. The Morgan fingerprint density at radius 1 is 1.05 bits per heavy atom. The second-order valence-corrected chi connectivity index (χ2v) is 5.07. The van der Waals surface area contributed by atoms with Gasteiger partial charge in [0.1, 0.15) is 5.75 Å². The van der Waals surface area contributed by atoms with Crippen LogP contribution in [-0.4, -0.2) is 18.6 Å². The van der Waals surface area contributed by atoms with Gasteiger partial charge < -0.3 is 10.1 Å². The number of aromatic nitrogens is 1. The smallest absolute Gasteiger partial charge is 0.137 e. The van der Waals surface area contributed by atoms with Gasteiger partial charge in [0.2, 0.25) is 0 Å². The second kappa shape index (κ2) is 6.53. The zero-order valence-electron chi connectivity index (χ0n) is 12.6. The fourth-order valence-corrected chi connectivity index (χ4v) is 2.51. The monoisotopic (exact) mass is 270 g/mol. The van der Waals surface area contributed by atoms with E-state index in [1.165, 1.54) is 16.7 Å². The summed E-state index contributed by atoms with van der Waals surface area (Å²) in [6.45, 7) is 7.27. The van der Waals surface area contributed by atoms with Gasteiger partial charge in [-0.25, -0.2) is 0 Å². The summed E-state index contributed by atoms with van der Waals surface area (Å²) in [6, 6.07) is 8.81. The summed E-state index contributed by atoms with van der Waals surface area (Å²) in [5, 5.41) is 3.53. The van der Waals surface area contributed by atoms with E-state index in [-0.39, 0.29) is 6.04 Å². The number of hydrogen-bond donors (Lipinski definition) is 1. The van der Waals surface area contributed by atoms with Crippen molar-refractivity contribution < 1.29 is 4.74 Å². The van der Waals surface area contributed by atoms with Gasteiger partial charge in [-0.3, -0.25) is 4.98 Å². The molecule has 1 unspecified atom stereocenters. The van der Waals surface area contributed by atoms with Crippen molar-refractivity contribution in [3.63, 3.8) is 0 Å². The first-order chi connectivity index (χ1) is 9.63. The predicted molar refractivity (Wildman–Crippen MR) is 82.2 cm³/mol. The Morgan fingerprint density at radius 3 is 2.35 bits per heavy atom. The van der Waals surface area contributed by atoms with E-state index in [9.17, 15) is 0 Å². The molecule has 0 aliphatic rings. The summed E-state index contributed by atoms with van der Waals surface area (Å²) < 4.78 is 5.28. The molecule has 0 bridgehead atoms. The van der Waals surface area contributed by atoms with Crippen molar-refractivity contribution in [2.45, 2.75) is 26.8 Å². The van der Waals surface area contributed by atoms with E-state index >= 15 is 0 Å². The highest BCUT2D eigenvalue weighted by molar-refractivity contribution is 5.38. The van der Waals surface area contributed by atoms with Gasteiger partial charge in [-0.1, -0.05) is 36.2 Å². The normalized spacial score (nSPS) is 12.2. The highest BCUT2D eigenvalue weighted by Crippen LogP contribution is 2.25. The Hall–Kier alpha value is -1.87. The lowest BCUT2D eigenvalue weighted by Gasteiger charge is -2.20. The molecule has 0 radical (unpaired) electrons. The number of rotatable bonds is 5. The Kier molecular flexibility index (Phi) is 4.74. The van der Waals surface area contributed by atoms with Crippen molar-refractivity contribution in [1.82, 2.24) is 10.3 Å². The lowest BCUT2D eigenvalue weighted by molar-refractivity contribution is 0.411. The van der Waals surface area contributed by atoms with Crippen LogP contribution in [0.2, 0.25) is 0 Å². The van der Waals surface area contributed by atoms with E-state index in [0.29, 0.717) is 0 Å². The molecule has 1 heterocycles. The number of aryl methyl sites for hydroxylation is 2. The standard InChI is InChI=1S/C17H22N2O/c1-5-19-17(14-7-12(2)6-13(3)8-14)15-9-16(20-4)11-18-10-15/h6-11,17,19H,5H2,1-4H3. The van der Waals surface area contributed by atoms with Crippen molar-refractivity contribution >= 4 is 0 Å². The number of hydrogen-bond acceptors (Lipinski definition) is 3. The molecule has 3 nitrogen and oxygen atoms in total. The Morgan fingerprint density at radius 2 is 1.75 bits per heavy atom. The van der Waals surface area contributed by atoms with Crippen molar-refractivity contribution in [1.29, 1.82) is 0 Å². The maximum atomic E-state index is 5.28. The minimum absolute atomic E-state index is 0.140. The van der Waals surface area contributed by atoms with Crippen LogP contribution in [0.15, 0.2) is 36.7 Å². The Balaban J connectivity index is 2.43. The van der Waals surface area contributed by atoms with E-state index in [2.05, 4.69) is 49.3 Å². The number of nitrogens with one attached hydrogen (secondary N) is 1. The second-order valence-electron chi connectivity index (χ2n) is 5.07. The minimum Gasteiger partial charge on any atom is -0.495 e. The minimum atomic E-state index is 0.140. The van der Waals surface area contributed by atoms with Gasteiger partial charge >= 0.3 is 0 Å². The van der Waals surface area contributed by atoms with Crippen LogP contribution in [0.5, 0.6) is 5.75 Å². The number of benzene rings is 1. The molecule has 20 heavy (non-hydrogen) atoms. The first-order valence-electron chi connectivity index (χ1n) is 6.94. The largest absolute Gasteiger partial charge is 0.495 e. The summed E-state index contributed by atoms with van der Waals surface area (Å²) in [4.78, 5) is 4.26. The van der Waals surface area contributed by atoms with Gasteiger partial charge in [-0.05, 0) is 37.6 Å². The highest BCUT2D eigenvalue weighted by Gasteiger charge is 2.14. The van der Waals surface area contributed by atoms with E-state index in [1.807, 2.05) is 12.3 Å². The van der Waals surface area contributed by atoms with Crippen molar-refractivity contribution in [2.75, 3.05) is 13.7 Å². The van der Waals surface area contributed by atoms with E-state index in [1.54, 1.807) is 13.3 Å². The molecule has 0 aliphatic carbocycles. The van der Waals surface area contributed by atoms with Gasteiger partial charge in [-0.15, -0.1) is 0 Å². The number of ether oxygens (including phenoxy) is 1. The SMILES string of the molecule is CCNC(c1cc(C)cc(C)c1)c1cncc(OC)c1. The molecule has 0 spiro atoms. The van der Waals surface area contributed by atoms with Crippen LogP contribution < -0.4 is 10.1 Å². The summed E-state index contributed by atoms with van der Waals surface area (Å²) in [5.41, 5.74) is 4.94. The van der Waals surface area contributed by atoms with Crippen LogP contribution >= 0.6 is 0 Å². The van der Waals surface area contributed by atoms with Crippen LogP contribution in [0, 0.1) is 13.8 Å². The molecule has 2 rings (SSSR count). The first-order valence-corrected chi connectivity index (χ1v) is 6.94. The molecule has 3 heteroatoms. The van der Waals surface area contributed by atoms with Crippen LogP contribution in [0.3, 0.4) is 0 Å². The molecule has 0 amide bonds. The number of pyridine rings is 1. The summed E-state index contributed by atoms with van der Waals surface area (Å²) in [6.07, 6.45) is 3.63. The van der Waals surface area contributed by atoms with E-state index < -0.39 is 0 Å². The van der Waals surface area contributed by atoms with Crippen LogP contribution in [0.25, 0.3) is 0 Å². The fourth-order valence-electron chi connectivity index (χ4n) is 2.51. The molecule has 1 aromatic carbocycles. The Labute approximate surface area is 121 Å². The summed E-state index contributed by atoms with van der Waals surface area (Å²) in [5.74, 6) is 0.787. The lowest BCUT2D eigenvalue weighted by Crippen LogP contribution is -2.22. The Bertz CT molecular complexity index is 561. The zero-order chi connectivity index (χ0) is 14.5. The summed E-state index contributed by atoms with van der Waals surface area (Å²) >= 11 is 0. The predicted octanol–water partition coefficient (Wildman–Crippen LogP) is 3.41. The van der Waals surface area contributed by atoms with Crippen molar-refractivity contribution in [2.24, 2.45) is 0 Å². The van der Waals surface area contributed by atoms with Gasteiger partial charge in [0, 0.05) is 6.20 Å². The number of methoxy groups -OCH3 is 1. The molecule has 106 valence electrons. The van der Waals surface area contributed by atoms with E-state index in [0.717, 1.165) is 17.9 Å². The molecule has 1 aromatic heterocycles. The molecule has 2 aromatic rings. The van der Waals surface area contributed by atoms with Crippen LogP contribution in [-0.2, 0) is 0 Å². The molecular formula is C17H22N2O. The third-order valence-corrected chi connectivity index (χ3v) is 3.29. The van der Waals surface area contributed by atoms with E-state index in [4.69, 9.17) is 4.74 Å². The number of nitrogens with zero attached hydrogens (tertiary/aromatic N) is 1. The van der Waals surface area contributed by atoms with Gasteiger partial charge in [-0.2, -0.15) is 0 Å². The average molecular weight is 270 g/mol. The van der Waals surface area contributed by atoms with Crippen molar-refractivity contribution in [3.8, 4) is 5.75 Å². The highest BCUT2D eigenvalue weighted by atomic mass is 16.5. The molecule has 1 atom stereocenters. The van der Waals surface area contributed by atoms with Crippen LogP contribution in [0.4, 0.5) is 0 Å². The maximum Gasteiger partial charge on any atom is 0.137 e. The summed E-state index contributed by atoms with van der Waals surface area (Å²) in [7, 11) is 1.67. The fraction of sp³-hybridized carbons (Fsp3) is 0.353. The maximum absolute atomic E-state index is 5.28. The van der Waals surface area contributed by atoms with Gasteiger partial charge in [0.25, 0.3) is 0 Å². The molecule has 0 saturated carbocycles. The first kappa shape index (κ1) is 14.5. The molecule has 0 aliphatic heterocycles. The third kappa shape index (κ3) is 3.36. The quantitative estimate of drug-likeness (QED) is 0.904. The zero-order valence-corrected chi connectivity index (χ0v) is 12.6. The molecule has 0 saturated heterocycles. The van der Waals surface area contributed by atoms with Crippen molar-refractivity contribution in [3.05, 3.63) is 58.9 Å². The van der Waals surface area contributed by atoms with Gasteiger partial charge in [0.15, 0.2) is 0 Å². The van der Waals surface area contributed by atoms with Crippen LogP contribution in [0.1, 0.15) is 35.2 Å². The van der Waals surface area contributed by atoms with Gasteiger partial charge in [0.05, 0.1) is 19.3 Å². The third-order valence-electron chi connectivity index (χ3n) is 3.29. The topological polar surface area (TPSA) is 34.2 Å². The molecule has 0 fully saturated rings. The lowest BCUT2D eigenvalue weighted by atomic mass is 9.96.